The lowest BCUT2D eigenvalue weighted by Gasteiger charge is -2.09. The van der Waals surface area contributed by atoms with Crippen LogP contribution in [0.4, 0.5) is 0 Å². The molecule has 3 aromatic carbocycles. The Hall–Kier alpha value is -1.71. The molecule has 0 heterocycles. The fourth-order valence-corrected chi connectivity index (χ4v) is 4.20. The standard InChI is InChI=1S/C14H9ClO6S2/c15-10-4-9-6-11-8(2-1-3-13(11)22(16,17)18)5-12(9)14(7-10)23(19,20)21/h1-7H,(H,16,17,18)(H,19,20,21). The lowest BCUT2D eigenvalue weighted by atomic mass is 10.0. The van der Waals surface area contributed by atoms with Crippen molar-refractivity contribution in [3.05, 3.63) is 47.5 Å². The molecular weight excluding hydrogens is 364 g/mol. The second-order valence-corrected chi connectivity index (χ2v) is 8.12. The first-order valence-corrected chi connectivity index (χ1v) is 9.44. The molecule has 0 amide bonds. The molecule has 2 N–H and O–H groups in total. The Morgan fingerprint density at radius 3 is 1.91 bits per heavy atom. The Morgan fingerprint density at radius 1 is 0.739 bits per heavy atom. The Kier molecular flexibility index (Phi) is 3.62. The molecule has 9 heteroatoms. The van der Waals surface area contributed by atoms with Gasteiger partial charge in [-0.05, 0) is 41.1 Å². The molecule has 3 aromatic rings. The van der Waals surface area contributed by atoms with Crippen LogP contribution >= 0.6 is 11.6 Å². The van der Waals surface area contributed by atoms with E-state index in [9.17, 15) is 25.9 Å². The van der Waals surface area contributed by atoms with E-state index in [0.717, 1.165) is 6.07 Å². The highest BCUT2D eigenvalue weighted by molar-refractivity contribution is 7.86. The SMILES string of the molecule is O=S(=O)(O)c1cccc2cc3c(S(=O)(=O)O)cc(Cl)cc3cc12. The van der Waals surface area contributed by atoms with E-state index in [4.69, 9.17) is 11.6 Å². The molecule has 0 unspecified atom stereocenters. The summed E-state index contributed by atoms with van der Waals surface area (Å²) < 4.78 is 64.6. The minimum absolute atomic E-state index is 0.0637. The van der Waals surface area contributed by atoms with Gasteiger partial charge in [0.05, 0.1) is 0 Å². The summed E-state index contributed by atoms with van der Waals surface area (Å²) in [5.41, 5.74) is 0. The number of rotatable bonds is 2. The van der Waals surface area contributed by atoms with Crippen LogP contribution in [0.15, 0.2) is 52.3 Å². The number of fused-ring (bicyclic) bond motifs is 2. The van der Waals surface area contributed by atoms with E-state index in [2.05, 4.69) is 0 Å². The van der Waals surface area contributed by atoms with Gasteiger partial charge in [0.25, 0.3) is 20.2 Å². The van der Waals surface area contributed by atoms with Crippen molar-refractivity contribution in [2.24, 2.45) is 0 Å². The van der Waals surface area contributed by atoms with Gasteiger partial charge in [-0.15, -0.1) is 0 Å². The lowest BCUT2D eigenvalue weighted by Crippen LogP contribution is -2.01. The molecule has 0 aliphatic carbocycles. The van der Waals surface area contributed by atoms with Crippen molar-refractivity contribution in [1.82, 2.24) is 0 Å². The summed E-state index contributed by atoms with van der Waals surface area (Å²) in [6.07, 6.45) is 0. The maximum absolute atomic E-state index is 11.5. The second kappa shape index (κ2) is 5.15. The molecule has 0 bridgehead atoms. The zero-order chi connectivity index (χ0) is 17.0. The topological polar surface area (TPSA) is 109 Å². The van der Waals surface area contributed by atoms with Gasteiger partial charge in [0.1, 0.15) is 9.79 Å². The van der Waals surface area contributed by atoms with Crippen LogP contribution in [-0.2, 0) is 20.2 Å². The highest BCUT2D eigenvalue weighted by Crippen LogP contribution is 2.33. The predicted molar refractivity (Wildman–Crippen MR) is 86.1 cm³/mol. The fourth-order valence-electron chi connectivity index (χ4n) is 2.48. The normalized spacial score (nSPS) is 12.8. The van der Waals surface area contributed by atoms with Crippen LogP contribution in [0.5, 0.6) is 0 Å². The summed E-state index contributed by atoms with van der Waals surface area (Å²) in [4.78, 5) is -0.676. The second-order valence-electron chi connectivity index (χ2n) is 4.90. The molecule has 0 atom stereocenters. The van der Waals surface area contributed by atoms with E-state index in [1.54, 1.807) is 6.07 Å². The molecule has 6 nitrogen and oxygen atoms in total. The highest BCUT2D eigenvalue weighted by atomic mass is 35.5. The zero-order valence-corrected chi connectivity index (χ0v) is 13.7. The molecular formula is C14H9ClO6S2. The molecule has 120 valence electrons. The third kappa shape index (κ3) is 2.91. The minimum atomic E-state index is -4.51. The van der Waals surface area contributed by atoms with Gasteiger partial charge in [0.2, 0.25) is 0 Å². The third-order valence-corrected chi connectivity index (χ3v) is 5.42. The molecule has 0 aliphatic heterocycles. The predicted octanol–water partition coefficient (Wildman–Crippen LogP) is 3.14. The van der Waals surface area contributed by atoms with Gasteiger partial charge in [0, 0.05) is 15.8 Å². The molecule has 0 saturated heterocycles. The van der Waals surface area contributed by atoms with E-state index in [0.29, 0.717) is 10.8 Å². The molecule has 3 rings (SSSR count). The molecule has 0 radical (unpaired) electrons. The van der Waals surface area contributed by atoms with Crippen LogP contribution < -0.4 is 0 Å². The molecule has 23 heavy (non-hydrogen) atoms. The van der Waals surface area contributed by atoms with Gasteiger partial charge < -0.3 is 0 Å². The van der Waals surface area contributed by atoms with Gasteiger partial charge in [-0.3, -0.25) is 9.11 Å². The first-order chi connectivity index (χ1) is 10.6. The van der Waals surface area contributed by atoms with Crippen molar-refractivity contribution < 1.29 is 25.9 Å². The van der Waals surface area contributed by atoms with Gasteiger partial charge in [-0.1, -0.05) is 23.7 Å². The zero-order valence-electron chi connectivity index (χ0n) is 11.3. The van der Waals surface area contributed by atoms with Crippen molar-refractivity contribution in [3.8, 4) is 0 Å². The molecule has 0 aromatic heterocycles. The van der Waals surface area contributed by atoms with E-state index < -0.39 is 20.2 Å². The number of hydrogen-bond acceptors (Lipinski definition) is 4. The average molecular weight is 373 g/mol. The van der Waals surface area contributed by atoms with E-state index in [1.165, 1.54) is 30.3 Å². The summed E-state index contributed by atoms with van der Waals surface area (Å²) in [6, 6.07) is 9.57. The largest absolute Gasteiger partial charge is 0.295 e. The lowest BCUT2D eigenvalue weighted by molar-refractivity contribution is 0.482. The van der Waals surface area contributed by atoms with Crippen molar-refractivity contribution in [2.45, 2.75) is 9.79 Å². The maximum Gasteiger partial charge on any atom is 0.295 e. The van der Waals surface area contributed by atoms with Crippen molar-refractivity contribution in [2.75, 3.05) is 0 Å². The van der Waals surface area contributed by atoms with Gasteiger partial charge >= 0.3 is 0 Å². The van der Waals surface area contributed by atoms with E-state index >= 15 is 0 Å². The monoisotopic (exact) mass is 372 g/mol. The van der Waals surface area contributed by atoms with Crippen molar-refractivity contribution in [1.29, 1.82) is 0 Å². The van der Waals surface area contributed by atoms with E-state index in [1.807, 2.05) is 0 Å². The number of halogens is 1. The molecule has 0 saturated carbocycles. The van der Waals surface area contributed by atoms with E-state index in [-0.39, 0.29) is 25.6 Å². The Labute approximate surface area is 136 Å². The van der Waals surface area contributed by atoms with Gasteiger partial charge in [-0.25, -0.2) is 0 Å². The van der Waals surface area contributed by atoms with Crippen LogP contribution in [-0.4, -0.2) is 25.9 Å². The fraction of sp³-hybridized carbons (Fsp3) is 0. The highest BCUT2D eigenvalue weighted by Gasteiger charge is 2.18. The molecule has 0 spiro atoms. The summed E-state index contributed by atoms with van der Waals surface area (Å²) in [5.74, 6) is 0. The number of hydrogen-bond donors (Lipinski definition) is 2. The Bertz CT molecular complexity index is 1170. The first-order valence-electron chi connectivity index (χ1n) is 6.18. The van der Waals surface area contributed by atoms with Crippen LogP contribution in [0.3, 0.4) is 0 Å². The van der Waals surface area contributed by atoms with Gasteiger partial charge in [-0.2, -0.15) is 16.8 Å². The first kappa shape index (κ1) is 16.2. The molecule has 0 aliphatic rings. The van der Waals surface area contributed by atoms with Crippen molar-refractivity contribution in [3.63, 3.8) is 0 Å². The van der Waals surface area contributed by atoms with Crippen LogP contribution in [0.1, 0.15) is 0 Å². The maximum atomic E-state index is 11.5. The molecule has 0 fully saturated rings. The minimum Gasteiger partial charge on any atom is -0.282 e. The Balaban J connectivity index is 2.55. The van der Waals surface area contributed by atoms with Crippen LogP contribution in [0.25, 0.3) is 21.5 Å². The van der Waals surface area contributed by atoms with Crippen LogP contribution in [0.2, 0.25) is 5.02 Å². The van der Waals surface area contributed by atoms with Crippen molar-refractivity contribution >= 4 is 53.4 Å². The third-order valence-electron chi connectivity index (χ3n) is 3.39. The average Bonchev–Trinajstić information content (AvgIpc) is 2.41. The summed E-state index contributed by atoms with van der Waals surface area (Å²) >= 11 is 5.87. The smallest absolute Gasteiger partial charge is 0.282 e. The Morgan fingerprint density at radius 2 is 1.30 bits per heavy atom. The summed E-state index contributed by atoms with van der Waals surface area (Å²) in [5, 5.41) is 1.17. The number of benzene rings is 3. The van der Waals surface area contributed by atoms with Gasteiger partial charge in [0.15, 0.2) is 0 Å². The summed E-state index contributed by atoms with van der Waals surface area (Å²) in [7, 11) is -8.96. The van der Waals surface area contributed by atoms with Crippen LogP contribution in [0, 0.1) is 0 Å². The quantitative estimate of drug-likeness (QED) is 0.528. The summed E-state index contributed by atoms with van der Waals surface area (Å²) in [6.45, 7) is 0.